The van der Waals surface area contributed by atoms with Crippen molar-refractivity contribution in [3.63, 3.8) is 0 Å². The standard InChI is InChI=1S/C23H18F3NO3S/c1-16-5-12-21(13-6-16)31(29,30)27-20-10-8-18(9-11-20)22(28)14-7-17-3-2-4-19(15-17)23(24,25)26/h2-15,27H,1H3/b14-7+. The molecular weight excluding hydrogens is 427 g/mol. The second-order valence-corrected chi connectivity index (χ2v) is 8.50. The lowest BCUT2D eigenvalue weighted by molar-refractivity contribution is -0.137. The highest BCUT2D eigenvalue weighted by molar-refractivity contribution is 7.92. The van der Waals surface area contributed by atoms with E-state index < -0.39 is 27.5 Å². The molecule has 0 saturated carbocycles. The van der Waals surface area contributed by atoms with Crippen LogP contribution in [0.1, 0.15) is 27.0 Å². The summed E-state index contributed by atoms with van der Waals surface area (Å²) in [6, 6.07) is 16.8. The summed E-state index contributed by atoms with van der Waals surface area (Å²) in [6.45, 7) is 1.85. The quantitative estimate of drug-likeness (QED) is 0.390. The van der Waals surface area contributed by atoms with Gasteiger partial charge in [0, 0.05) is 11.3 Å². The van der Waals surface area contributed by atoms with E-state index in [0.29, 0.717) is 0 Å². The lowest BCUT2D eigenvalue weighted by Gasteiger charge is -2.09. The van der Waals surface area contributed by atoms with Gasteiger partial charge in [-0.3, -0.25) is 9.52 Å². The monoisotopic (exact) mass is 445 g/mol. The highest BCUT2D eigenvalue weighted by Gasteiger charge is 2.30. The van der Waals surface area contributed by atoms with Crippen LogP contribution in [0.3, 0.4) is 0 Å². The van der Waals surface area contributed by atoms with E-state index >= 15 is 0 Å². The number of hydrogen-bond acceptors (Lipinski definition) is 3. The molecule has 31 heavy (non-hydrogen) atoms. The first-order chi connectivity index (χ1) is 14.5. The molecule has 0 aliphatic carbocycles. The molecular formula is C23H18F3NO3S. The average molecular weight is 445 g/mol. The minimum absolute atomic E-state index is 0.113. The van der Waals surface area contributed by atoms with Crippen LogP contribution in [-0.2, 0) is 16.2 Å². The molecule has 0 spiro atoms. The van der Waals surface area contributed by atoms with Gasteiger partial charge in [-0.1, -0.05) is 35.9 Å². The molecule has 3 rings (SSSR count). The Labute approximate surface area is 178 Å². The van der Waals surface area contributed by atoms with Crippen LogP contribution >= 0.6 is 0 Å². The molecule has 0 aliphatic rings. The lowest BCUT2D eigenvalue weighted by Crippen LogP contribution is -2.13. The van der Waals surface area contributed by atoms with E-state index in [1.165, 1.54) is 60.7 Å². The smallest absolute Gasteiger partial charge is 0.289 e. The van der Waals surface area contributed by atoms with E-state index in [1.807, 2.05) is 6.92 Å². The number of allylic oxidation sites excluding steroid dienone is 1. The third-order valence-corrected chi connectivity index (χ3v) is 5.79. The Morgan fingerprint density at radius 1 is 0.935 bits per heavy atom. The number of benzene rings is 3. The number of hydrogen-bond donors (Lipinski definition) is 1. The zero-order chi connectivity index (χ0) is 22.6. The molecule has 0 heterocycles. The van der Waals surface area contributed by atoms with Crippen LogP contribution in [0.4, 0.5) is 18.9 Å². The number of carbonyl (C=O) groups is 1. The van der Waals surface area contributed by atoms with Crippen LogP contribution in [0.5, 0.6) is 0 Å². The fourth-order valence-corrected chi connectivity index (χ4v) is 3.78. The van der Waals surface area contributed by atoms with Crippen LogP contribution in [0.2, 0.25) is 0 Å². The number of alkyl halides is 3. The molecule has 160 valence electrons. The van der Waals surface area contributed by atoms with Crippen molar-refractivity contribution < 1.29 is 26.4 Å². The number of carbonyl (C=O) groups excluding carboxylic acids is 1. The van der Waals surface area contributed by atoms with E-state index in [9.17, 15) is 26.4 Å². The van der Waals surface area contributed by atoms with Gasteiger partial charge in [0.05, 0.1) is 10.5 Å². The van der Waals surface area contributed by atoms with Gasteiger partial charge in [-0.05, 0) is 67.1 Å². The van der Waals surface area contributed by atoms with Gasteiger partial charge in [-0.2, -0.15) is 13.2 Å². The second-order valence-electron chi connectivity index (χ2n) is 6.82. The highest BCUT2D eigenvalue weighted by Crippen LogP contribution is 2.29. The Kier molecular flexibility index (Phi) is 6.31. The molecule has 4 nitrogen and oxygen atoms in total. The number of nitrogens with one attached hydrogen (secondary N) is 1. The van der Waals surface area contributed by atoms with Gasteiger partial charge in [0.15, 0.2) is 5.78 Å². The molecule has 0 radical (unpaired) electrons. The number of anilines is 1. The molecule has 1 N–H and O–H groups in total. The third-order valence-electron chi connectivity index (χ3n) is 4.39. The molecule has 3 aromatic rings. The third kappa shape index (κ3) is 5.82. The van der Waals surface area contributed by atoms with E-state index in [1.54, 1.807) is 12.1 Å². The molecule has 0 fully saturated rings. The number of rotatable bonds is 6. The van der Waals surface area contributed by atoms with Gasteiger partial charge in [0.2, 0.25) is 0 Å². The Balaban J connectivity index is 1.70. The molecule has 0 saturated heterocycles. The van der Waals surface area contributed by atoms with Gasteiger partial charge >= 0.3 is 6.18 Å². The van der Waals surface area contributed by atoms with Gasteiger partial charge in [-0.25, -0.2) is 8.42 Å². The first-order valence-corrected chi connectivity index (χ1v) is 10.6. The summed E-state index contributed by atoms with van der Waals surface area (Å²) in [5.41, 5.74) is 0.915. The lowest BCUT2D eigenvalue weighted by atomic mass is 10.1. The maximum atomic E-state index is 12.8. The van der Waals surface area contributed by atoms with Crippen molar-refractivity contribution in [1.82, 2.24) is 0 Å². The second kappa shape index (κ2) is 8.77. The normalized spacial score (nSPS) is 12.1. The number of sulfonamides is 1. The first-order valence-electron chi connectivity index (χ1n) is 9.14. The first kappa shape index (κ1) is 22.3. The summed E-state index contributed by atoms with van der Waals surface area (Å²) < 4.78 is 65.6. The summed E-state index contributed by atoms with van der Waals surface area (Å²) in [6.07, 6.45) is -2.00. The molecule has 8 heteroatoms. The Hall–Kier alpha value is -3.39. The highest BCUT2D eigenvalue weighted by atomic mass is 32.2. The van der Waals surface area contributed by atoms with Crippen LogP contribution in [-0.4, -0.2) is 14.2 Å². The van der Waals surface area contributed by atoms with Gasteiger partial charge in [-0.15, -0.1) is 0 Å². The Bertz CT molecular complexity index is 1210. The van der Waals surface area contributed by atoms with Crippen molar-refractivity contribution in [2.45, 2.75) is 18.0 Å². The summed E-state index contributed by atoms with van der Waals surface area (Å²) in [5, 5.41) is 0. The van der Waals surface area contributed by atoms with Crippen molar-refractivity contribution in [2.24, 2.45) is 0 Å². The van der Waals surface area contributed by atoms with Gasteiger partial charge in [0.1, 0.15) is 0 Å². The summed E-state index contributed by atoms with van der Waals surface area (Å²) in [5.74, 6) is -0.426. The van der Waals surface area contributed by atoms with Crippen LogP contribution in [0, 0.1) is 6.92 Å². The van der Waals surface area contributed by atoms with E-state index in [2.05, 4.69) is 4.72 Å². The zero-order valence-corrected chi connectivity index (χ0v) is 17.2. The Morgan fingerprint density at radius 3 is 2.19 bits per heavy atom. The Morgan fingerprint density at radius 2 is 1.58 bits per heavy atom. The minimum Gasteiger partial charge on any atom is -0.289 e. The predicted molar refractivity (Wildman–Crippen MR) is 113 cm³/mol. The van der Waals surface area contributed by atoms with Crippen molar-refractivity contribution in [2.75, 3.05) is 4.72 Å². The zero-order valence-electron chi connectivity index (χ0n) is 16.3. The van der Waals surface area contributed by atoms with Crippen molar-refractivity contribution in [1.29, 1.82) is 0 Å². The number of ketones is 1. The van der Waals surface area contributed by atoms with Crippen LogP contribution < -0.4 is 4.72 Å². The van der Waals surface area contributed by atoms with Crippen molar-refractivity contribution >= 4 is 27.6 Å². The van der Waals surface area contributed by atoms with E-state index in [-0.39, 0.29) is 21.7 Å². The maximum Gasteiger partial charge on any atom is 0.416 e. The topological polar surface area (TPSA) is 63.2 Å². The fourth-order valence-electron chi connectivity index (χ4n) is 2.72. The maximum absolute atomic E-state index is 12.8. The predicted octanol–water partition coefficient (Wildman–Crippen LogP) is 5.71. The SMILES string of the molecule is Cc1ccc(S(=O)(=O)Nc2ccc(C(=O)/C=C/c3cccc(C(F)(F)F)c3)cc2)cc1. The largest absolute Gasteiger partial charge is 0.416 e. The number of aryl methyl sites for hydroxylation is 1. The molecule has 0 unspecified atom stereocenters. The van der Waals surface area contributed by atoms with Crippen molar-refractivity contribution in [3.05, 3.63) is 101 Å². The molecule has 0 amide bonds. The van der Waals surface area contributed by atoms with Gasteiger partial charge in [0.25, 0.3) is 10.0 Å². The summed E-state index contributed by atoms with van der Waals surface area (Å²) >= 11 is 0. The van der Waals surface area contributed by atoms with Gasteiger partial charge < -0.3 is 0 Å². The average Bonchev–Trinajstić information content (AvgIpc) is 2.72. The number of halogens is 3. The molecule has 0 atom stereocenters. The van der Waals surface area contributed by atoms with E-state index in [4.69, 9.17) is 0 Å². The molecule has 0 bridgehead atoms. The summed E-state index contributed by atoms with van der Waals surface area (Å²) in [7, 11) is -3.77. The minimum atomic E-state index is -4.46. The van der Waals surface area contributed by atoms with E-state index in [0.717, 1.165) is 17.7 Å². The molecule has 3 aromatic carbocycles. The summed E-state index contributed by atoms with van der Waals surface area (Å²) in [4.78, 5) is 12.4. The molecule has 0 aliphatic heterocycles. The van der Waals surface area contributed by atoms with Crippen LogP contribution in [0.25, 0.3) is 6.08 Å². The fraction of sp³-hybridized carbons (Fsp3) is 0.0870. The van der Waals surface area contributed by atoms with Crippen molar-refractivity contribution in [3.8, 4) is 0 Å². The molecule has 0 aromatic heterocycles. The van der Waals surface area contributed by atoms with Crippen LogP contribution in [0.15, 0.2) is 83.8 Å².